The van der Waals surface area contributed by atoms with Crippen molar-refractivity contribution in [2.45, 2.75) is 11.1 Å². The topological polar surface area (TPSA) is 0 Å². The second-order valence-corrected chi connectivity index (χ2v) is 4.38. The van der Waals surface area contributed by atoms with Gasteiger partial charge in [0.25, 0.3) is 0 Å². The molecule has 0 spiro atoms. The van der Waals surface area contributed by atoms with Crippen molar-refractivity contribution in [1.29, 1.82) is 0 Å². The van der Waals surface area contributed by atoms with Crippen molar-refractivity contribution in [2.75, 3.05) is 0 Å². The Bertz CT molecular complexity index is 120. The van der Waals surface area contributed by atoms with Gasteiger partial charge >= 0.3 is 55.8 Å². The van der Waals surface area contributed by atoms with Crippen LogP contribution >= 0.6 is 37.2 Å². The van der Waals surface area contributed by atoms with E-state index in [1.54, 1.807) is 3.28 Å². The predicted molar refractivity (Wildman–Crippen MR) is 49.4 cm³/mol. The van der Waals surface area contributed by atoms with Gasteiger partial charge in [0, 0.05) is 0 Å². The van der Waals surface area contributed by atoms with E-state index in [2.05, 4.69) is 22.9 Å². The molecular formula is C6H11Cl3Zr. The average Bonchev–Trinajstić information content (AvgIpc) is 2.14. The summed E-state index contributed by atoms with van der Waals surface area (Å²) in [6, 6.07) is 0. The summed E-state index contributed by atoms with van der Waals surface area (Å²) in [6.45, 7) is 0. The molecule has 0 atom stereocenters. The van der Waals surface area contributed by atoms with E-state index < -0.39 is 0 Å². The van der Waals surface area contributed by atoms with Gasteiger partial charge in [-0.1, -0.05) is 0 Å². The van der Waals surface area contributed by atoms with Crippen LogP contribution in [-0.4, -0.2) is 0 Å². The van der Waals surface area contributed by atoms with E-state index in [-0.39, 0.29) is 60.5 Å². The Morgan fingerprint density at radius 1 is 1.30 bits per heavy atom. The Kier molecular flexibility index (Phi) is 17.8. The van der Waals surface area contributed by atoms with Crippen molar-refractivity contribution in [3.05, 3.63) is 21.5 Å². The fourth-order valence-electron chi connectivity index (χ4n) is 0.633. The molecule has 0 aromatic carbocycles. The molecule has 0 aliphatic heterocycles. The van der Waals surface area contributed by atoms with Crippen LogP contribution in [0.2, 0.25) is 4.63 Å². The van der Waals surface area contributed by atoms with E-state index >= 15 is 0 Å². The molecule has 0 nitrogen and oxygen atoms in total. The summed E-state index contributed by atoms with van der Waals surface area (Å²) in [5.41, 5.74) is 0. The van der Waals surface area contributed by atoms with Crippen LogP contribution in [0.5, 0.6) is 0 Å². The molecule has 1 aliphatic rings. The number of halogens is 3. The first-order valence-corrected chi connectivity index (χ1v) is 6.15. The molecule has 0 aromatic heterocycles. The molecule has 0 amide bonds. The molecule has 0 radical (unpaired) electrons. The van der Waals surface area contributed by atoms with Crippen LogP contribution in [0, 0.1) is 0 Å². The van der Waals surface area contributed by atoms with Gasteiger partial charge in [0.15, 0.2) is 0 Å². The summed E-state index contributed by atoms with van der Waals surface area (Å²) < 4.78 is 4.09. The second-order valence-electron chi connectivity index (χ2n) is 1.57. The SMILES string of the molecule is Cl.Cl.Cl.[CH3][Zr][C]1=CC=CC1. The van der Waals surface area contributed by atoms with Gasteiger partial charge in [-0.3, -0.25) is 0 Å². The molecule has 0 unspecified atom stereocenters. The number of hydrogen-bond acceptors (Lipinski definition) is 0. The second kappa shape index (κ2) is 10.2. The van der Waals surface area contributed by atoms with Gasteiger partial charge in [0.1, 0.15) is 0 Å². The van der Waals surface area contributed by atoms with E-state index in [0.29, 0.717) is 0 Å². The van der Waals surface area contributed by atoms with Gasteiger partial charge < -0.3 is 0 Å². The molecule has 60 valence electrons. The Morgan fingerprint density at radius 2 is 1.90 bits per heavy atom. The van der Waals surface area contributed by atoms with E-state index in [4.69, 9.17) is 0 Å². The molecule has 1 aliphatic carbocycles. The van der Waals surface area contributed by atoms with Crippen LogP contribution in [0.15, 0.2) is 21.5 Å². The minimum absolute atomic E-state index is 0. The van der Waals surface area contributed by atoms with Crippen molar-refractivity contribution in [1.82, 2.24) is 0 Å². The predicted octanol–water partition coefficient (Wildman–Crippen LogP) is 3.23. The van der Waals surface area contributed by atoms with E-state index in [1.807, 2.05) is 0 Å². The van der Waals surface area contributed by atoms with E-state index in [0.717, 1.165) is 0 Å². The molecule has 10 heavy (non-hydrogen) atoms. The van der Waals surface area contributed by atoms with Gasteiger partial charge in [-0.05, 0) is 0 Å². The third-order valence-electron chi connectivity index (χ3n) is 1.09. The molecular weight excluding hydrogens is 270 g/mol. The fourth-order valence-corrected chi connectivity index (χ4v) is 2.07. The molecule has 0 N–H and O–H groups in total. The van der Waals surface area contributed by atoms with Gasteiger partial charge in [-0.15, -0.1) is 37.2 Å². The zero-order chi connectivity index (χ0) is 5.11. The summed E-state index contributed by atoms with van der Waals surface area (Å²) in [7, 11) is 0. The monoisotopic (exact) mass is 278 g/mol. The maximum atomic E-state index is 2.36. The standard InChI is InChI=1S/C5H5.CH3.3ClH.Zr/c1-2-4-5-3-1;;;;;/h1-3H,4H2;1H3;3*1H;. The summed E-state index contributed by atoms with van der Waals surface area (Å²) >= 11 is -0.0408. The van der Waals surface area contributed by atoms with Crippen LogP contribution in [-0.2, 0) is 23.2 Å². The van der Waals surface area contributed by atoms with Gasteiger partial charge in [0.2, 0.25) is 0 Å². The summed E-state index contributed by atoms with van der Waals surface area (Å²) in [6.07, 6.45) is 7.94. The Morgan fingerprint density at radius 3 is 2.10 bits per heavy atom. The van der Waals surface area contributed by atoms with Crippen LogP contribution in [0.25, 0.3) is 0 Å². The average molecular weight is 281 g/mol. The Labute approximate surface area is 92.3 Å². The normalized spacial score (nSPS) is 11.9. The van der Waals surface area contributed by atoms with Crippen LogP contribution in [0.1, 0.15) is 6.42 Å². The minimum atomic E-state index is -0.0408. The van der Waals surface area contributed by atoms with Crippen molar-refractivity contribution in [3.8, 4) is 0 Å². The van der Waals surface area contributed by atoms with E-state index in [1.165, 1.54) is 6.42 Å². The summed E-state index contributed by atoms with van der Waals surface area (Å²) in [5.74, 6) is 0. The van der Waals surface area contributed by atoms with Crippen molar-refractivity contribution < 1.29 is 23.2 Å². The first-order valence-electron chi connectivity index (χ1n) is 2.47. The molecule has 4 heteroatoms. The van der Waals surface area contributed by atoms with Gasteiger partial charge in [0.05, 0.1) is 0 Å². The van der Waals surface area contributed by atoms with Gasteiger partial charge in [-0.2, -0.15) is 0 Å². The van der Waals surface area contributed by atoms with Crippen molar-refractivity contribution in [3.63, 3.8) is 0 Å². The molecule has 0 bridgehead atoms. The van der Waals surface area contributed by atoms with Crippen molar-refractivity contribution >= 4 is 37.2 Å². The Balaban J connectivity index is -0.000000163. The molecule has 0 saturated carbocycles. The third-order valence-corrected chi connectivity index (χ3v) is 3.58. The maximum absolute atomic E-state index is 2.36. The Hall–Kier alpha value is 1.23. The molecule has 1 rings (SSSR count). The number of allylic oxidation sites excluding steroid dienone is 4. The fraction of sp³-hybridized carbons (Fsp3) is 0.333. The van der Waals surface area contributed by atoms with Gasteiger partial charge in [-0.25, -0.2) is 0 Å². The molecule has 0 heterocycles. The quantitative estimate of drug-likeness (QED) is 0.692. The molecule has 0 saturated heterocycles. The first kappa shape index (κ1) is 17.4. The van der Waals surface area contributed by atoms with Crippen molar-refractivity contribution in [2.24, 2.45) is 0 Å². The number of hydrogen-bond donors (Lipinski definition) is 0. The molecule has 0 fully saturated rings. The van der Waals surface area contributed by atoms with Crippen LogP contribution in [0.3, 0.4) is 0 Å². The summed E-state index contributed by atoms with van der Waals surface area (Å²) in [5, 5.41) is 0. The van der Waals surface area contributed by atoms with E-state index in [9.17, 15) is 0 Å². The number of rotatable bonds is 1. The summed E-state index contributed by atoms with van der Waals surface area (Å²) in [4.78, 5) is 0. The molecule has 0 aromatic rings. The van der Waals surface area contributed by atoms with Crippen LogP contribution in [0.4, 0.5) is 0 Å². The third kappa shape index (κ3) is 5.98. The van der Waals surface area contributed by atoms with Crippen LogP contribution < -0.4 is 0 Å². The zero-order valence-corrected chi connectivity index (χ0v) is 10.6. The zero-order valence-electron chi connectivity index (χ0n) is 5.66. The first-order chi connectivity index (χ1) is 3.43.